The molecule has 170 valence electrons. The first-order valence-corrected chi connectivity index (χ1v) is 12.0. The van der Waals surface area contributed by atoms with Gasteiger partial charge in [0.2, 0.25) is 15.9 Å². The highest BCUT2D eigenvalue weighted by Crippen LogP contribution is 2.26. The number of aryl methyl sites for hydroxylation is 1. The molecular weight excluding hydrogens is 426 g/mol. The van der Waals surface area contributed by atoms with Gasteiger partial charge in [0.05, 0.1) is 17.5 Å². The average molecular weight is 456 g/mol. The smallest absolute Gasteiger partial charge is 0.241 e. The summed E-state index contributed by atoms with van der Waals surface area (Å²) in [5.74, 6) is -0.523. The summed E-state index contributed by atoms with van der Waals surface area (Å²) in [6.45, 7) is 1.77. The first-order chi connectivity index (χ1) is 15.4. The van der Waals surface area contributed by atoms with Gasteiger partial charge in [-0.2, -0.15) is 4.72 Å². The van der Waals surface area contributed by atoms with E-state index in [4.69, 9.17) is 5.73 Å². The molecule has 3 aromatic rings. The summed E-state index contributed by atoms with van der Waals surface area (Å²) in [6, 6.07) is 18.4. The Bertz CT molecular complexity index is 1170. The van der Waals surface area contributed by atoms with E-state index in [9.17, 15) is 18.3 Å². The second-order valence-electron chi connectivity index (χ2n) is 7.76. The minimum absolute atomic E-state index is 0.108. The van der Waals surface area contributed by atoms with Crippen molar-refractivity contribution >= 4 is 26.7 Å². The van der Waals surface area contributed by atoms with E-state index in [2.05, 4.69) is 10.0 Å². The molecule has 0 aromatic heterocycles. The van der Waals surface area contributed by atoms with Crippen LogP contribution in [0.4, 0.5) is 0 Å². The Kier molecular flexibility index (Phi) is 7.98. The number of hydrogen-bond acceptors (Lipinski definition) is 5. The van der Waals surface area contributed by atoms with Crippen molar-refractivity contribution in [1.29, 1.82) is 0 Å². The zero-order valence-electron chi connectivity index (χ0n) is 18.0. The minimum Gasteiger partial charge on any atom is -0.394 e. The van der Waals surface area contributed by atoms with E-state index in [0.29, 0.717) is 11.8 Å². The molecule has 0 bridgehead atoms. The van der Waals surface area contributed by atoms with Gasteiger partial charge in [0.25, 0.3) is 0 Å². The second-order valence-corrected chi connectivity index (χ2v) is 9.44. The number of carbonyl (C=O) groups is 1. The Morgan fingerprint density at radius 1 is 1.00 bits per heavy atom. The second kappa shape index (κ2) is 10.7. The lowest BCUT2D eigenvalue weighted by Gasteiger charge is -2.22. The highest BCUT2D eigenvalue weighted by molar-refractivity contribution is 7.89. The maximum atomic E-state index is 13.2. The Morgan fingerprint density at radius 2 is 1.66 bits per heavy atom. The van der Waals surface area contributed by atoms with Crippen LogP contribution in [-0.2, 0) is 21.2 Å². The molecule has 0 spiro atoms. The molecule has 1 amide bonds. The zero-order valence-corrected chi connectivity index (χ0v) is 18.8. The van der Waals surface area contributed by atoms with Crippen LogP contribution in [-0.4, -0.2) is 44.7 Å². The van der Waals surface area contributed by atoms with Gasteiger partial charge in [-0.25, -0.2) is 8.42 Å². The minimum atomic E-state index is -4.00. The number of nitrogens with two attached hydrogens (primary N) is 1. The molecule has 0 aliphatic rings. The molecule has 5 N–H and O–H groups in total. The molecule has 3 aromatic carbocycles. The number of carbonyl (C=O) groups excluding carboxylic acids is 1. The molecule has 0 radical (unpaired) electrons. The standard InChI is InChI=1S/C24H29N3O4S/c1-17-11-12-23(21-10-6-5-9-20(17)21)32(30,31)27-22(13-14-25)24(29)26-19(16-28)15-18-7-3-2-4-8-18/h2-12,19,22,27-28H,13-16,25H2,1H3,(H,26,29)/t19-,22?/m0/s1. The van der Waals surface area contributed by atoms with Gasteiger partial charge in [0.1, 0.15) is 6.04 Å². The van der Waals surface area contributed by atoms with E-state index in [-0.39, 0.29) is 24.5 Å². The normalized spacial score (nSPS) is 13.6. The van der Waals surface area contributed by atoms with Crippen molar-refractivity contribution in [3.63, 3.8) is 0 Å². The van der Waals surface area contributed by atoms with Gasteiger partial charge >= 0.3 is 0 Å². The number of fused-ring (bicyclic) bond motifs is 1. The monoisotopic (exact) mass is 455 g/mol. The van der Waals surface area contributed by atoms with E-state index in [1.54, 1.807) is 24.3 Å². The first kappa shape index (κ1) is 23.9. The number of aliphatic hydroxyl groups excluding tert-OH is 1. The Hall–Kier alpha value is -2.78. The molecule has 0 aliphatic carbocycles. The molecule has 0 heterocycles. The first-order valence-electron chi connectivity index (χ1n) is 10.5. The third-order valence-corrected chi connectivity index (χ3v) is 6.88. The lowest BCUT2D eigenvalue weighted by molar-refractivity contribution is -0.123. The van der Waals surface area contributed by atoms with Gasteiger partial charge in [0, 0.05) is 5.39 Å². The van der Waals surface area contributed by atoms with Crippen LogP contribution in [0.15, 0.2) is 71.6 Å². The Balaban J connectivity index is 1.81. The molecule has 0 saturated heterocycles. The van der Waals surface area contributed by atoms with Crippen molar-refractivity contribution in [2.24, 2.45) is 5.73 Å². The lowest BCUT2D eigenvalue weighted by atomic mass is 10.1. The summed E-state index contributed by atoms with van der Waals surface area (Å²) in [5.41, 5.74) is 7.57. The number of benzene rings is 3. The fraction of sp³-hybridized carbons (Fsp3) is 0.292. The van der Waals surface area contributed by atoms with Crippen LogP contribution in [0.2, 0.25) is 0 Å². The molecule has 0 fully saturated rings. The van der Waals surface area contributed by atoms with Crippen LogP contribution in [0, 0.1) is 6.92 Å². The Labute approximate surface area is 188 Å². The van der Waals surface area contributed by atoms with Gasteiger partial charge in [-0.3, -0.25) is 4.79 Å². The molecule has 32 heavy (non-hydrogen) atoms. The number of sulfonamides is 1. The van der Waals surface area contributed by atoms with Gasteiger partial charge in [-0.1, -0.05) is 60.7 Å². The SMILES string of the molecule is Cc1ccc(S(=O)(=O)NC(CCN)C(=O)N[C@H](CO)Cc2ccccc2)c2ccccc12. The van der Waals surface area contributed by atoms with Gasteiger partial charge in [0.15, 0.2) is 0 Å². The van der Waals surface area contributed by atoms with E-state index >= 15 is 0 Å². The van der Waals surface area contributed by atoms with Crippen molar-refractivity contribution in [1.82, 2.24) is 10.0 Å². The number of hydrogen-bond donors (Lipinski definition) is 4. The summed E-state index contributed by atoms with van der Waals surface area (Å²) >= 11 is 0. The average Bonchev–Trinajstić information content (AvgIpc) is 2.79. The van der Waals surface area contributed by atoms with Crippen LogP contribution in [0.5, 0.6) is 0 Å². The van der Waals surface area contributed by atoms with Crippen LogP contribution < -0.4 is 15.8 Å². The third-order valence-electron chi connectivity index (χ3n) is 5.35. The quantitative estimate of drug-likeness (QED) is 0.372. The summed E-state index contributed by atoms with van der Waals surface area (Å²) < 4.78 is 28.9. The number of nitrogens with one attached hydrogen (secondary N) is 2. The maximum Gasteiger partial charge on any atom is 0.241 e. The summed E-state index contributed by atoms with van der Waals surface area (Å²) in [4.78, 5) is 13.0. The van der Waals surface area contributed by atoms with Gasteiger partial charge in [-0.15, -0.1) is 0 Å². The molecule has 0 aliphatic heterocycles. The zero-order chi connectivity index (χ0) is 23.1. The molecule has 8 heteroatoms. The van der Waals surface area contributed by atoms with Gasteiger partial charge in [-0.05, 0) is 48.9 Å². The highest BCUT2D eigenvalue weighted by Gasteiger charge is 2.28. The third kappa shape index (κ3) is 5.72. The molecular formula is C24H29N3O4S. The van der Waals surface area contributed by atoms with E-state index < -0.39 is 28.0 Å². The van der Waals surface area contributed by atoms with E-state index in [0.717, 1.165) is 16.5 Å². The number of rotatable bonds is 10. The van der Waals surface area contributed by atoms with Crippen molar-refractivity contribution in [2.75, 3.05) is 13.2 Å². The van der Waals surface area contributed by atoms with Crippen LogP contribution in [0.3, 0.4) is 0 Å². The fourth-order valence-electron chi connectivity index (χ4n) is 3.68. The highest BCUT2D eigenvalue weighted by atomic mass is 32.2. The Morgan fingerprint density at radius 3 is 2.31 bits per heavy atom. The predicted octanol–water partition coefficient (Wildman–Crippen LogP) is 1.86. The van der Waals surface area contributed by atoms with Crippen LogP contribution in [0.25, 0.3) is 10.8 Å². The summed E-state index contributed by atoms with van der Waals surface area (Å²) in [5, 5.41) is 13.9. The van der Waals surface area contributed by atoms with Crippen molar-refractivity contribution in [2.45, 2.75) is 36.7 Å². The van der Waals surface area contributed by atoms with Crippen molar-refractivity contribution in [3.8, 4) is 0 Å². The van der Waals surface area contributed by atoms with Gasteiger partial charge < -0.3 is 16.2 Å². The summed E-state index contributed by atoms with van der Waals surface area (Å²) in [6.07, 6.45) is 0.548. The maximum absolute atomic E-state index is 13.2. The fourth-order valence-corrected chi connectivity index (χ4v) is 5.12. The van der Waals surface area contributed by atoms with E-state index in [1.165, 1.54) is 0 Å². The predicted molar refractivity (Wildman–Crippen MR) is 126 cm³/mol. The largest absolute Gasteiger partial charge is 0.394 e. The van der Waals surface area contributed by atoms with Crippen LogP contribution in [0.1, 0.15) is 17.5 Å². The topological polar surface area (TPSA) is 122 Å². The van der Waals surface area contributed by atoms with Crippen molar-refractivity contribution < 1.29 is 18.3 Å². The molecule has 7 nitrogen and oxygen atoms in total. The molecule has 1 unspecified atom stereocenters. The van der Waals surface area contributed by atoms with Crippen LogP contribution >= 0.6 is 0 Å². The lowest BCUT2D eigenvalue weighted by Crippen LogP contribution is -2.51. The number of amides is 1. The van der Waals surface area contributed by atoms with Crippen molar-refractivity contribution in [3.05, 3.63) is 77.9 Å². The molecule has 0 saturated carbocycles. The van der Waals surface area contributed by atoms with E-state index in [1.807, 2.05) is 49.4 Å². The molecule has 3 rings (SSSR count). The summed E-state index contributed by atoms with van der Waals surface area (Å²) in [7, 11) is -4.00. The number of aliphatic hydroxyl groups is 1. The molecule has 2 atom stereocenters.